The molecule has 0 saturated heterocycles. The van der Waals surface area contributed by atoms with Crippen LogP contribution in [0.4, 0.5) is 25.2 Å². The number of allylic oxidation sites excluding steroid dienone is 4. The average molecular weight is 385 g/mol. The maximum absolute atomic E-state index is 10.7. The van der Waals surface area contributed by atoms with Crippen molar-refractivity contribution >= 4 is 7.81 Å². The fourth-order valence-electron chi connectivity index (χ4n) is 1.65. The fraction of sp³-hybridized carbons (Fsp3) is 0.286. The molecule has 1 aromatic carbocycles. The van der Waals surface area contributed by atoms with Gasteiger partial charge in [0.15, 0.2) is 0 Å². The summed E-state index contributed by atoms with van der Waals surface area (Å²) in [5.41, 5.74) is 1.43. The quantitative estimate of drug-likeness (QED) is 0.291. The summed E-state index contributed by atoms with van der Waals surface area (Å²) in [7, 11) is -10.7. The molecule has 0 unspecified atom stereocenters. The van der Waals surface area contributed by atoms with Gasteiger partial charge in [-0.15, -0.1) is 0 Å². The van der Waals surface area contributed by atoms with Crippen molar-refractivity contribution in [2.45, 2.75) is 23.0 Å². The molecule has 1 aromatic rings. The van der Waals surface area contributed by atoms with Crippen LogP contribution >= 0.6 is 7.81 Å². The summed E-state index contributed by atoms with van der Waals surface area (Å²) in [6, 6.07) is 10.8. The van der Waals surface area contributed by atoms with Gasteiger partial charge in [0.2, 0.25) is 0 Å². The Kier molecular flexibility index (Phi) is 4.99. The Morgan fingerprint density at radius 2 is 1.27 bits per heavy atom. The molecule has 22 heavy (non-hydrogen) atoms. The second-order valence-electron chi connectivity index (χ2n) is 5.07. The molecule has 0 radical (unpaired) electrons. The van der Waals surface area contributed by atoms with E-state index in [1.54, 1.807) is 0 Å². The molecule has 0 bridgehead atoms. The van der Waals surface area contributed by atoms with E-state index in [1.165, 1.54) is 20.5 Å². The van der Waals surface area contributed by atoms with Gasteiger partial charge in [-0.25, -0.2) is 0 Å². The van der Waals surface area contributed by atoms with E-state index in [2.05, 4.69) is 68.5 Å². The molecule has 0 aromatic heterocycles. The first kappa shape index (κ1) is 19.3. The summed E-state index contributed by atoms with van der Waals surface area (Å²) in [6.45, 7) is 4.64. The van der Waals surface area contributed by atoms with E-state index in [0.717, 1.165) is 0 Å². The van der Waals surface area contributed by atoms with E-state index in [1.807, 2.05) is 0 Å². The first-order chi connectivity index (χ1) is 9.63. The molecule has 128 valence electrons. The molecule has 0 fully saturated rings. The Bertz CT molecular complexity index is 536. The summed E-state index contributed by atoms with van der Waals surface area (Å²) in [5.74, 6) is 0. The summed E-state index contributed by atoms with van der Waals surface area (Å²) >= 11 is 1.18. The molecule has 0 saturated carbocycles. The summed E-state index contributed by atoms with van der Waals surface area (Å²) < 4.78 is 59.4. The van der Waals surface area contributed by atoms with Crippen molar-refractivity contribution in [3.8, 4) is 0 Å². The van der Waals surface area contributed by atoms with Crippen molar-refractivity contribution in [1.29, 1.82) is 0 Å². The predicted molar refractivity (Wildman–Crippen MR) is 75.1 cm³/mol. The Morgan fingerprint density at radius 3 is 1.68 bits per heavy atom. The van der Waals surface area contributed by atoms with Crippen LogP contribution in [0.25, 0.3) is 0 Å². The van der Waals surface area contributed by atoms with Crippen LogP contribution in [0, 0.1) is 0 Å². The third kappa shape index (κ3) is 10.0. The number of benzene rings is 1. The van der Waals surface area contributed by atoms with Crippen molar-refractivity contribution in [2.75, 3.05) is 0 Å². The van der Waals surface area contributed by atoms with Gasteiger partial charge in [0, 0.05) is 0 Å². The summed E-state index contributed by atoms with van der Waals surface area (Å²) in [4.78, 5) is 0.611. The number of rotatable bonds is 3. The zero-order valence-corrected chi connectivity index (χ0v) is 13.8. The van der Waals surface area contributed by atoms with Crippen molar-refractivity contribution in [2.24, 2.45) is 0 Å². The number of halogens is 6. The zero-order valence-electron chi connectivity index (χ0n) is 11.8. The van der Waals surface area contributed by atoms with Crippen LogP contribution in [-0.2, 0) is 19.3 Å². The van der Waals surface area contributed by atoms with Gasteiger partial charge >= 0.3 is 131 Å². The van der Waals surface area contributed by atoms with Crippen LogP contribution < -0.4 is 0 Å². The van der Waals surface area contributed by atoms with E-state index < -0.39 is 7.81 Å². The molecule has 1 aliphatic carbocycles. The third-order valence-corrected chi connectivity index (χ3v) is 4.43. The summed E-state index contributed by atoms with van der Waals surface area (Å²) in [5, 5.41) is 0. The monoisotopic (exact) mass is 385 g/mol. The van der Waals surface area contributed by atoms with E-state index in [9.17, 15) is 25.2 Å². The Balaban J connectivity index is 0.000000295. The second kappa shape index (κ2) is 5.70. The van der Waals surface area contributed by atoms with Gasteiger partial charge in [-0.3, -0.25) is 0 Å². The molecular formula is C14H16F6FeP-. The van der Waals surface area contributed by atoms with Crippen LogP contribution in [0.5, 0.6) is 0 Å². The Hall–Kier alpha value is -0.771. The molecule has 0 atom stereocenters. The minimum absolute atomic E-state index is 0.255. The molecule has 0 spiro atoms. The van der Waals surface area contributed by atoms with Crippen LogP contribution in [0.3, 0.4) is 0 Å². The average Bonchev–Trinajstić information content (AvgIpc) is 2.78. The van der Waals surface area contributed by atoms with E-state index in [4.69, 9.17) is 0 Å². The predicted octanol–water partition coefficient (Wildman–Crippen LogP) is 7.30. The molecule has 0 amide bonds. The Morgan fingerprint density at radius 1 is 0.864 bits per heavy atom. The van der Waals surface area contributed by atoms with Gasteiger partial charge in [0.05, 0.1) is 0 Å². The molecule has 0 aliphatic heterocycles. The normalized spacial score (nSPS) is 18.5. The van der Waals surface area contributed by atoms with Crippen molar-refractivity contribution in [3.05, 3.63) is 60.2 Å². The van der Waals surface area contributed by atoms with Crippen molar-refractivity contribution in [1.82, 2.24) is 0 Å². The van der Waals surface area contributed by atoms with Crippen LogP contribution in [0.15, 0.2) is 54.6 Å². The van der Waals surface area contributed by atoms with Crippen LogP contribution in [0.2, 0.25) is 4.82 Å². The van der Waals surface area contributed by atoms with Crippen LogP contribution in [0.1, 0.15) is 19.4 Å². The van der Waals surface area contributed by atoms with Crippen molar-refractivity contribution < 1.29 is 40.1 Å². The second-order valence-corrected chi connectivity index (χ2v) is 9.42. The van der Waals surface area contributed by atoms with Gasteiger partial charge in [0.1, 0.15) is 0 Å². The SMILES string of the molecule is C[C](C)([Fe][CH]1C=CC=C1)c1ccccc1.F[P-](F)(F)(F)(F)F. The van der Waals surface area contributed by atoms with Gasteiger partial charge in [-0.05, 0) is 0 Å². The van der Waals surface area contributed by atoms with Crippen LogP contribution in [-0.4, -0.2) is 0 Å². The van der Waals surface area contributed by atoms with Gasteiger partial charge in [0.25, 0.3) is 0 Å². The molecule has 1 aliphatic rings. The van der Waals surface area contributed by atoms with E-state index in [-0.39, 0.29) is 4.31 Å². The van der Waals surface area contributed by atoms with Gasteiger partial charge in [-0.1, -0.05) is 0 Å². The molecule has 2 rings (SSSR count). The minimum atomic E-state index is -10.7. The first-order valence-electron chi connectivity index (χ1n) is 6.22. The number of hydrogen-bond donors (Lipinski definition) is 0. The van der Waals surface area contributed by atoms with Crippen molar-refractivity contribution in [3.63, 3.8) is 0 Å². The first-order valence-corrected chi connectivity index (χ1v) is 9.44. The third-order valence-electron chi connectivity index (χ3n) is 2.52. The molecule has 0 N–H and O–H groups in total. The molecule has 8 heteroatoms. The molecule has 0 heterocycles. The molecular weight excluding hydrogens is 369 g/mol. The standard InChI is InChI=1S/C9H11.C5H5.F6P.Fe/c1-8(2)9-6-4-3-5-7-9;1-2-4-5-3-1;1-7(2,3,4,5)6;/h3-7H,1-2H3;1-5H;;/q;;-1;. The maximum atomic E-state index is 9.87. The fourth-order valence-corrected chi connectivity index (χ4v) is 3.40. The van der Waals surface area contributed by atoms with E-state index in [0.29, 0.717) is 4.82 Å². The summed E-state index contributed by atoms with van der Waals surface area (Å²) in [6.07, 6.45) is 8.85. The Labute approximate surface area is 131 Å². The molecule has 0 nitrogen and oxygen atoms in total. The zero-order chi connectivity index (χ0) is 17.1. The van der Waals surface area contributed by atoms with E-state index >= 15 is 0 Å². The van der Waals surface area contributed by atoms with Gasteiger partial charge < -0.3 is 0 Å². The van der Waals surface area contributed by atoms with Gasteiger partial charge in [-0.2, -0.15) is 0 Å². The number of hydrogen-bond acceptors (Lipinski definition) is 0. The topological polar surface area (TPSA) is 0 Å².